The molecule has 0 bridgehead atoms. The van der Waals surface area contributed by atoms with Crippen LogP contribution in [0.5, 0.6) is 11.5 Å². The van der Waals surface area contributed by atoms with E-state index in [1.165, 1.54) is 39.4 Å². The zero-order valence-electron chi connectivity index (χ0n) is 32.4. The number of aromatic hydroxyl groups is 1. The Bertz CT molecular complexity index is 1400. The maximum Gasteiger partial charge on any atom is 0.126 e. The Kier molecular flexibility index (Phi) is 17.6. The van der Waals surface area contributed by atoms with Gasteiger partial charge in [0.05, 0.1) is 13.2 Å². The molecule has 4 heteroatoms. The Morgan fingerprint density at radius 2 is 0.980 bits per heavy atom. The van der Waals surface area contributed by atoms with Gasteiger partial charge in [-0.1, -0.05) is 110 Å². The van der Waals surface area contributed by atoms with Gasteiger partial charge < -0.3 is 14.6 Å². The Morgan fingerprint density at radius 3 is 1.43 bits per heavy atom. The minimum Gasteiger partial charge on any atom is -0.508 e. The zero-order chi connectivity index (χ0) is 36.7. The average Bonchev–Trinajstić information content (AvgIpc) is 3.06. The van der Waals surface area contributed by atoms with Crippen LogP contribution in [0.2, 0.25) is 0 Å². The summed E-state index contributed by atoms with van der Waals surface area (Å²) in [7, 11) is 0. The highest BCUT2D eigenvalue weighted by Crippen LogP contribution is 2.24. The maximum atomic E-state index is 12.8. The first kappa shape index (κ1) is 41.5. The highest BCUT2D eigenvalue weighted by atomic mass is 19.1. The molecule has 1 heterocycles. The van der Waals surface area contributed by atoms with E-state index >= 15 is 0 Å². The molecule has 1 aliphatic heterocycles. The standard InChI is InChI=1S/C14H20O2.C11H16.C10H13F.C10H14O/c1-11(2)12-3-5-13(6-4-12)16-14-7-9-15-10-8-14;1-8(2)11-6-5-9(3)10(4)7-11;1-7(2)9-4-5-10(11)8(3)6-9;1-7(2)9-5-4-8(3)10(11)6-9/h3-6,11,14H,7-10H2,1-2H3;5-8H,1-4H3;4-7H,1-3H3;4-7,11H,1-3H3. The third-order valence-corrected chi connectivity index (χ3v) is 8.96. The molecule has 0 aromatic heterocycles. The summed E-state index contributed by atoms with van der Waals surface area (Å²) in [4.78, 5) is 0. The van der Waals surface area contributed by atoms with Crippen molar-refractivity contribution < 1.29 is 19.0 Å². The van der Waals surface area contributed by atoms with E-state index in [1.54, 1.807) is 6.92 Å². The molecular formula is C45H63FO3. The number of ether oxygens (including phenoxy) is 2. The summed E-state index contributed by atoms with van der Waals surface area (Å²) in [5.41, 5.74) is 9.64. The number of aryl methyl sites for hydroxylation is 4. The Morgan fingerprint density at radius 1 is 0.551 bits per heavy atom. The van der Waals surface area contributed by atoms with Gasteiger partial charge in [0.25, 0.3) is 0 Å². The lowest BCUT2D eigenvalue weighted by atomic mass is 9.99. The van der Waals surface area contributed by atoms with Crippen molar-refractivity contribution in [1.82, 2.24) is 0 Å². The van der Waals surface area contributed by atoms with Crippen molar-refractivity contribution in [3.8, 4) is 11.5 Å². The number of hydrogen-bond donors (Lipinski definition) is 1. The van der Waals surface area contributed by atoms with Gasteiger partial charge in [-0.3, -0.25) is 0 Å². The fourth-order valence-electron chi connectivity index (χ4n) is 5.05. The van der Waals surface area contributed by atoms with Crippen LogP contribution in [0, 0.1) is 33.5 Å². The zero-order valence-corrected chi connectivity index (χ0v) is 32.4. The van der Waals surface area contributed by atoms with Gasteiger partial charge in [-0.2, -0.15) is 0 Å². The molecular weight excluding hydrogens is 607 g/mol. The molecule has 0 atom stereocenters. The summed E-state index contributed by atoms with van der Waals surface area (Å²) in [6.45, 7) is 27.0. The van der Waals surface area contributed by atoms with E-state index < -0.39 is 0 Å². The third-order valence-electron chi connectivity index (χ3n) is 8.96. The van der Waals surface area contributed by atoms with Gasteiger partial charge in [0, 0.05) is 12.8 Å². The smallest absolute Gasteiger partial charge is 0.126 e. The predicted molar refractivity (Wildman–Crippen MR) is 207 cm³/mol. The summed E-state index contributed by atoms with van der Waals surface area (Å²) in [5, 5.41) is 9.35. The largest absolute Gasteiger partial charge is 0.508 e. The van der Waals surface area contributed by atoms with Gasteiger partial charge in [0.15, 0.2) is 0 Å². The molecule has 1 fully saturated rings. The molecule has 0 radical (unpaired) electrons. The lowest BCUT2D eigenvalue weighted by Crippen LogP contribution is -2.25. The van der Waals surface area contributed by atoms with Gasteiger partial charge in [-0.05, 0) is 120 Å². The Balaban J connectivity index is 0.000000231. The van der Waals surface area contributed by atoms with E-state index in [2.05, 4.69) is 118 Å². The van der Waals surface area contributed by atoms with Crippen LogP contribution in [-0.2, 0) is 4.74 Å². The van der Waals surface area contributed by atoms with Crippen molar-refractivity contribution in [3.05, 3.63) is 129 Å². The van der Waals surface area contributed by atoms with Crippen LogP contribution in [0.15, 0.2) is 78.9 Å². The highest BCUT2D eigenvalue weighted by molar-refractivity contribution is 5.36. The molecule has 1 aliphatic rings. The van der Waals surface area contributed by atoms with Crippen LogP contribution in [0.3, 0.4) is 0 Å². The molecule has 268 valence electrons. The van der Waals surface area contributed by atoms with Gasteiger partial charge in [0.1, 0.15) is 23.4 Å². The second kappa shape index (κ2) is 20.8. The van der Waals surface area contributed by atoms with Gasteiger partial charge in [-0.15, -0.1) is 0 Å². The molecule has 0 amide bonds. The quantitative estimate of drug-likeness (QED) is 0.222. The lowest BCUT2D eigenvalue weighted by Gasteiger charge is -2.23. The minimum atomic E-state index is -0.116. The molecule has 49 heavy (non-hydrogen) atoms. The number of rotatable bonds is 6. The van der Waals surface area contributed by atoms with Crippen LogP contribution < -0.4 is 4.74 Å². The first-order valence-electron chi connectivity index (χ1n) is 18.1. The molecule has 0 aliphatic carbocycles. The topological polar surface area (TPSA) is 38.7 Å². The van der Waals surface area contributed by atoms with Crippen molar-refractivity contribution in [1.29, 1.82) is 0 Å². The fourth-order valence-corrected chi connectivity index (χ4v) is 5.05. The normalized spacial score (nSPS) is 12.9. The van der Waals surface area contributed by atoms with E-state index in [-0.39, 0.29) is 5.82 Å². The number of phenolic OH excluding ortho intramolecular Hbond substituents is 1. The molecule has 0 spiro atoms. The first-order valence-corrected chi connectivity index (χ1v) is 18.1. The van der Waals surface area contributed by atoms with Crippen molar-refractivity contribution in [2.24, 2.45) is 0 Å². The maximum absolute atomic E-state index is 12.8. The average molecular weight is 671 g/mol. The molecule has 0 unspecified atom stereocenters. The van der Waals surface area contributed by atoms with E-state index in [9.17, 15) is 9.50 Å². The molecule has 0 saturated carbocycles. The monoisotopic (exact) mass is 670 g/mol. The minimum absolute atomic E-state index is 0.116. The van der Waals surface area contributed by atoms with Gasteiger partial charge >= 0.3 is 0 Å². The Hall–Kier alpha value is -3.63. The summed E-state index contributed by atoms with van der Waals surface area (Å²) in [5.74, 6) is 3.46. The molecule has 1 N–H and O–H groups in total. The van der Waals surface area contributed by atoms with E-state index in [4.69, 9.17) is 9.47 Å². The fraction of sp³-hybridized carbons (Fsp3) is 0.467. The van der Waals surface area contributed by atoms with Crippen LogP contribution in [0.4, 0.5) is 4.39 Å². The van der Waals surface area contributed by atoms with E-state index in [0.29, 0.717) is 35.5 Å². The lowest BCUT2D eigenvalue weighted by molar-refractivity contribution is 0.0255. The van der Waals surface area contributed by atoms with Crippen LogP contribution in [-0.4, -0.2) is 24.4 Å². The van der Waals surface area contributed by atoms with E-state index in [0.717, 1.165) is 42.9 Å². The molecule has 3 nitrogen and oxygen atoms in total. The molecule has 1 saturated heterocycles. The summed E-state index contributed by atoms with van der Waals surface area (Å²) < 4.78 is 24.0. The third kappa shape index (κ3) is 14.8. The van der Waals surface area contributed by atoms with Crippen molar-refractivity contribution in [2.45, 2.75) is 126 Å². The summed E-state index contributed by atoms with van der Waals surface area (Å²) in [6, 6.07) is 26.3. The van der Waals surface area contributed by atoms with Gasteiger partial charge in [-0.25, -0.2) is 4.39 Å². The number of benzene rings is 4. The second-order valence-corrected chi connectivity index (χ2v) is 14.5. The van der Waals surface area contributed by atoms with Gasteiger partial charge in [0.2, 0.25) is 0 Å². The molecule has 4 aromatic carbocycles. The van der Waals surface area contributed by atoms with Crippen molar-refractivity contribution in [2.75, 3.05) is 13.2 Å². The second-order valence-electron chi connectivity index (χ2n) is 14.5. The highest BCUT2D eigenvalue weighted by Gasteiger charge is 2.15. The molecule has 4 aromatic rings. The van der Waals surface area contributed by atoms with Crippen LogP contribution in [0.1, 0.15) is 136 Å². The van der Waals surface area contributed by atoms with Crippen LogP contribution in [0.25, 0.3) is 0 Å². The van der Waals surface area contributed by atoms with Crippen molar-refractivity contribution in [3.63, 3.8) is 0 Å². The number of phenols is 1. The first-order chi connectivity index (χ1) is 23.1. The Labute approximate surface area is 297 Å². The van der Waals surface area contributed by atoms with E-state index in [1.807, 2.05) is 31.2 Å². The SMILES string of the molecule is CC(C)c1ccc(OC2CCOCC2)cc1.Cc1cc(C(C)C)ccc1F.Cc1ccc(C(C)C)cc1C.Cc1ccc(C(C)C)cc1O. The molecule has 5 rings (SSSR count). The number of halogens is 1. The van der Waals surface area contributed by atoms with Crippen molar-refractivity contribution >= 4 is 0 Å². The van der Waals surface area contributed by atoms with Crippen LogP contribution >= 0.6 is 0 Å². The summed E-state index contributed by atoms with van der Waals surface area (Å²) >= 11 is 0. The number of hydrogen-bond acceptors (Lipinski definition) is 3. The summed E-state index contributed by atoms with van der Waals surface area (Å²) in [6.07, 6.45) is 2.34. The predicted octanol–water partition coefficient (Wildman–Crippen LogP) is 12.9.